The smallest absolute Gasteiger partial charge is 0.150 e. The van der Waals surface area contributed by atoms with Gasteiger partial charge in [0.25, 0.3) is 0 Å². The summed E-state index contributed by atoms with van der Waals surface area (Å²) in [5.41, 5.74) is 3.30. The maximum atomic E-state index is 10.8. The molecule has 0 N–H and O–H groups in total. The third kappa shape index (κ3) is 1.76. The van der Waals surface area contributed by atoms with Crippen molar-refractivity contribution in [1.82, 2.24) is 9.97 Å². The number of carbonyl (C=O) groups excluding carboxylic acids is 1. The fraction of sp³-hybridized carbons (Fsp3) is 0.0833. The summed E-state index contributed by atoms with van der Waals surface area (Å²) in [5, 5.41) is 0. The Morgan fingerprint density at radius 3 is 2.80 bits per heavy atom. The molecule has 0 aromatic carbocycles. The second kappa shape index (κ2) is 4.00. The average Bonchev–Trinajstić information content (AvgIpc) is 2.30. The topological polar surface area (TPSA) is 42.9 Å². The lowest BCUT2D eigenvalue weighted by Crippen LogP contribution is -1.93. The van der Waals surface area contributed by atoms with Crippen molar-refractivity contribution in [1.29, 1.82) is 0 Å². The molecule has 0 saturated heterocycles. The molecule has 2 rings (SSSR count). The summed E-state index contributed by atoms with van der Waals surface area (Å²) in [6.45, 7) is 1.89. The lowest BCUT2D eigenvalue weighted by Gasteiger charge is -2.05. The second-order valence-corrected chi connectivity index (χ2v) is 3.23. The molecule has 0 saturated carbocycles. The minimum atomic E-state index is 0.670. The van der Waals surface area contributed by atoms with Gasteiger partial charge in [0.05, 0.1) is 5.69 Å². The van der Waals surface area contributed by atoms with Crippen molar-refractivity contribution in [3.8, 4) is 11.3 Å². The zero-order valence-electron chi connectivity index (χ0n) is 8.34. The summed E-state index contributed by atoms with van der Waals surface area (Å²) in [6, 6.07) is 5.49. The van der Waals surface area contributed by atoms with Crippen LogP contribution in [0.15, 0.2) is 36.8 Å². The zero-order chi connectivity index (χ0) is 10.7. The first-order chi connectivity index (χ1) is 7.33. The van der Waals surface area contributed by atoms with Gasteiger partial charge in [0.2, 0.25) is 0 Å². The summed E-state index contributed by atoms with van der Waals surface area (Å²) in [5.74, 6) is 0. The molecular weight excluding hydrogens is 188 g/mol. The van der Waals surface area contributed by atoms with Crippen LogP contribution in [0.25, 0.3) is 11.3 Å². The summed E-state index contributed by atoms with van der Waals surface area (Å²) in [7, 11) is 0. The number of rotatable bonds is 2. The van der Waals surface area contributed by atoms with Crippen LogP contribution in [0.2, 0.25) is 0 Å². The fourth-order valence-electron chi connectivity index (χ4n) is 1.47. The first-order valence-corrected chi connectivity index (χ1v) is 4.64. The first kappa shape index (κ1) is 9.52. The Balaban J connectivity index is 2.59. The monoisotopic (exact) mass is 198 g/mol. The van der Waals surface area contributed by atoms with Gasteiger partial charge in [-0.05, 0) is 30.7 Å². The van der Waals surface area contributed by atoms with Crippen LogP contribution in [-0.4, -0.2) is 16.3 Å². The van der Waals surface area contributed by atoms with Gasteiger partial charge in [0.1, 0.15) is 6.29 Å². The van der Waals surface area contributed by atoms with Gasteiger partial charge in [-0.3, -0.25) is 14.8 Å². The molecule has 0 aliphatic carbocycles. The van der Waals surface area contributed by atoms with Crippen molar-refractivity contribution < 1.29 is 4.79 Å². The van der Waals surface area contributed by atoms with Gasteiger partial charge in [-0.2, -0.15) is 0 Å². The van der Waals surface area contributed by atoms with E-state index in [9.17, 15) is 4.79 Å². The molecule has 74 valence electrons. The maximum Gasteiger partial charge on any atom is 0.150 e. The molecule has 15 heavy (non-hydrogen) atoms. The lowest BCUT2D eigenvalue weighted by atomic mass is 10.0. The normalized spacial score (nSPS) is 9.93. The molecule has 2 aromatic rings. The van der Waals surface area contributed by atoms with Crippen molar-refractivity contribution >= 4 is 6.29 Å². The molecule has 0 spiro atoms. The van der Waals surface area contributed by atoms with E-state index in [4.69, 9.17) is 0 Å². The number of carbonyl (C=O) groups is 1. The highest BCUT2D eigenvalue weighted by Gasteiger charge is 2.06. The van der Waals surface area contributed by atoms with E-state index in [0.717, 1.165) is 23.1 Å². The van der Waals surface area contributed by atoms with Crippen LogP contribution in [0.1, 0.15) is 15.9 Å². The van der Waals surface area contributed by atoms with Crippen molar-refractivity contribution in [2.24, 2.45) is 0 Å². The van der Waals surface area contributed by atoms with Crippen molar-refractivity contribution in [3.63, 3.8) is 0 Å². The van der Waals surface area contributed by atoms with E-state index in [-0.39, 0.29) is 0 Å². The molecule has 0 bridgehead atoms. The predicted molar refractivity (Wildman–Crippen MR) is 57.6 cm³/mol. The number of nitrogens with zero attached hydrogens (tertiary/aromatic N) is 2. The summed E-state index contributed by atoms with van der Waals surface area (Å²) >= 11 is 0. The van der Waals surface area contributed by atoms with Crippen LogP contribution >= 0.6 is 0 Å². The summed E-state index contributed by atoms with van der Waals surface area (Å²) < 4.78 is 0. The van der Waals surface area contributed by atoms with Crippen molar-refractivity contribution in [2.75, 3.05) is 0 Å². The highest BCUT2D eigenvalue weighted by molar-refractivity contribution is 5.80. The number of aldehydes is 1. The van der Waals surface area contributed by atoms with Crippen LogP contribution in [0, 0.1) is 6.92 Å². The Hall–Kier alpha value is -2.03. The molecule has 3 nitrogen and oxygen atoms in total. The Kier molecular flexibility index (Phi) is 2.54. The fourth-order valence-corrected chi connectivity index (χ4v) is 1.47. The van der Waals surface area contributed by atoms with Crippen LogP contribution in [0.5, 0.6) is 0 Å². The molecule has 0 radical (unpaired) electrons. The SMILES string of the molecule is Cc1c(C=O)ccnc1-c1cccnc1. The predicted octanol–water partition coefficient (Wildman–Crippen LogP) is 2.26. The van der Waals surface area contributed by atoms with E-state index in [2.05, 4.69) is 9.97 Å². The number of hydrogen-bond donors (Lipinski definition) is 0. The van der Waals surface area contributed by atoms with E-state index in [1.54, 1.807) is 24.7 Å². The molecule has 0 aliphatic heterocycles. The highest BCUT2D eigenvalue weighted by atomic mass is 16.1. The molecule has 0 fully saturated rings. The molecule has 0 amide bonds. The molecule has 3 heteroatoms. The van der Waals surface area contributed by atoms with E-state index < -0.39 is 0 Å². The average molecular weight is 198 g/mol. The third-order valence-corrected chi connectivity index (χ3v) is 2.31. The van der Waals surface area contributed by atoms with E-state index in [0.29, 0.717) is 5.56 Å². The van der Waals surface area contributed by atoms with Gasteiger partial charge < -0.3 is 0 Å². The van der Waals surface area contributed by atoms with E-state index >= 15 is 0 Å². The van der Waals surface area contributed by atoms with Crippen molar-refractivity contribution in [2.45, 2.75) is 6.92 Å². The van der Waals surface area contributed by atoms with Crippen LogP contribution < -0.4 is 0 Å². The van der Waals surface area contributed by atoms with Crippen LogP contribution in [-0.2, 0) is 0 Å². The largest absolute Gasteiger partial charge is 0.298 e. The Morgan fingerprint density at radius 1 is 1.27 bits per heavy atom. The quantitative estimate of drug-likeness (QED) is 0.695. The Labute approximate surface area is 87.8 Å². The van der Waals surface area contributed by atoms with Crippen LogP contribution in [0.3, 0.4) is 0 Å². The van der Waals surface area contributed by atoms with Gasteiger partial charge in [0.15, 0.2) is 0 Å². The minimum Gasteiger partial charge on any atom is -0.298 e. The molecule has 0 atom stereocenters. The minimum absolute atomic E-state index is 0.670. The molecule has 0 aliphatic rings. The first-order valence-electron chi connectivity index (χ1n) is 4.64. The Bertz CT molecular complexity index is 480. The van der Waals surface area contributed by atoms with Gasteiger partial charge in [-0.25, -0.2) is 0 Å². The number of aromatic nitrogens is 2. The zero-order valence-corrected chi connectivity index (χ0v) is 8.34. The van der Waals surface area contributed by atoms with Gasteiger partial charge in [0, 0.05) is 29.7 Å². The molecular formula is C12H10N2O. The van der Waals surface area contributed by atoms with Gasteiger partial charge in [-0.1, -0.05) is 0 Å². The van der Waals surface area contributed by atoms with E-state index in [1.165, 1.54) is 0 Å². The standard InChI is InChI=1S/C12H10N2O/c1-9-11(8-15)4-6-14-12(9)10-3-2-5-13-7-10/h2-8H,1H3. The molecule has 2 aromatic heterocycles. The Morgan fingerprint density at radius 2 is 2.13 bits per heavy atom. The molecule has 2 heterocycles. The summed E-state index contributed by atoms with van der Waals surface area (Å²) in [4.78, 5) is 19.1. The van der Waals surface area contributed by atoms with E-state index in [1.807, 2.05) is 19.1 Å². The third-order valence-electron chi connectivity index (χ3n) is 2.31. The summed E-state index contributed by atoms with van der Waals surface area (Å²) in [6.07, 6.45) is 5.93. The van der Waals surface area contributed by atoms with Crippen molar-refractivity contribution in [3.05, 3.63) is 47.9 Å². The maximum absolute atomic E-state index is 10.8. The number of hydrogen-bond acceptors (Lipinski definition) is 3. The highest BCUT2D eigenvalue weighted by Crippen LogP contribution is 2.21. The second-order valence-electron chi connectivity index (χ2n) is 3.23. The lowest BCUT2D eigenvalue weighted by molar-refractivity contribution is 0.112. The van der Waals surface area contributed by atoms with Gasteiger partial charge >= 0.3 is 0 Å². The van der Waals surface area contributed by atoms with Gasteiger partial charge in [-0.15, -0.1) is 0 Å². The number of pyridine rings is 2. The molecule has 0 unspecified atom stereocenters. The van der Waals surface area contributed by atoms with Crippen LogP contribution in [0.4, 0.5) is 0 Å².